The molecule has 1 aliphatic heterocycles. The molecule has 0 bridgehead atoms. The van der Waals surface area contributed by atoms with Crippen LogP contribution in [-0.4, -0.2) is 46.5 Å². The van der Waals surface area contributed by atoms with E-state index in [0.29, 0.717) is 35.9 Å². The topological polar surface area (TPSA) is 93.6 Å². The number of hydrogen-bond acceptors (Lipinski definition) is 5. The molecule has 3 rings (SSSR count). The van der Waals surface area contributed by atoms with Gasteiger partial charge < -0.3 is 5.73 Å². The number of sulfonamides is 1. The van der Waals surface area contributed by atoms with Crippen LogP contribution < -0.4 is 5.73 Å². The normalized spacial score (nSPS) is 22.6. The van der Waals surface area contributed by atoms with Gasteiger partial charge in [-0.2, -0.15) is 9.40 Å². The summed E-state index contributed by atoms with van der Waals surface area (Å²) in [5.74, 6) is 0. The maximum atomic E-state index is 12.9. The monoisotopic (exact) mass is 357 g/mol. The highest BCUT2D eigenvalue weighted by molar-refractivity contribution is 7.89. The Hall–Kier alpha value is -1.22. The molecule has 1 fully saturated rings. The van der Waals surface area contributed by atoms with Crippen LogP contribution in [0, 0.1) is 12.3 Å². The lowest BCUT2D eigenvalue weighted by Crippen LogP contribution is -2.53. The van der Waals surface area contributed by atoms with Crippen LogP contribution >= 0.6 is 11.6 Å². The van der Waals surface area contributed by atoms with Gasteiger partial charge in [0, 0.05) is 19.1 Å². The zero-order valence-electron chi connectivity index (χ0n) is 13.3. The number of halogens is 1. The third kappa shape index (κ3) is 2.73. The molecular formula is C14H20ClN5O2S. The molecule has 1 aliphatic rings. The minimum absolute atomic E-state index is 0.0119. The Morgan fingerprint density at radius 2 is 2.13 bits per heavy atom. The summed E-state index contributed by atoms with van der Waals surface area (Å²) >= 11 is 6.09. The molecular weight excluding hydrogens is 338 g/mol. The van der Waals surface area contributed by atoms with Crippen molar-refractivity contribution in [2.45, 2.75) is 38.1 Å². The third-order valence-corrected chi connectivity index (χ3v) is 6.71. The average Bonchev–Trinajstić information content (AvgIpc) is 2.76. The van der Waals surface area contributed by atoms with Crippen LogP contribution in [0.5, 0.6) is 0 Å². The Morgan fingerprint density at radius 1 is 1.43 bits per heavy atom. The number of aryl methyl sites for hydroxylation is 1. The maximum Gasteiger partial charge on any atom is 0.246 e. The average molecular weight is 358 g/mol. The third-order valence-electron chi connectivity index (χ3n) is 4.47. The highest BCUT2D eigenvalue weighted by atomic mass is 35.5. The second-order valence-corrected chi connectivity index (χ2v) is 9.00. The number of fused-ring (bicyclic) bond motifs is 1. The smallest absolute Gasteiger partial charge is 0.246 e. The molecule has 23 heavy (non-hydrogen) atoms. The number of nitrogens with two attached hydrogens (primary N) is 1. The summed E-state index contributed by atoms with van der Waals surface area (Å²) in [5.41, 5.74) is 6.88. The van der Waals surface area contributed by atoms with Gasteiger partial charge in [0.1, 0.15) is 9.92 Å². The number of rotatable bonds is 2. The van der Waals surface area contributed by atoms with Crippen molar-refractivity contribution in [2.24, 2.45) is 11.1 Å². The second-order valence-electron chi connectivity index (χ2n) is 6.68. The van der Waals surface area contributed by atoms with E-state index in [2.05, 4.69) is 10.1 Å². The van der Waals surface area contributed by atoms with Crippen LogP contribution in [0.1, 0.15) is 26.0 Å². The minimum Gasteiger partial charge on any atom is -0.327 e. The molecule has 1 saturated heterocycles. The lowest BCUT2D eigenvalue weighted by molar-refractivity contribution is 0.155. The molecule has 0 radical (unpaired) electrons. The Kier molecular flexibility index (Phi) is 3.91. The first-order valence-corrected chi connectivity index (χ1v) is 9.21. The van der Waals surface area contributed by atoms with E-state index in [1.165, 1.54) is 21.2 Å². The minimum atomic E-state index is -3.64. The SMILES string of the molecule is Cc1nn2cc(S(=O)(=O)N3CCC(N)C(C)(C)C3)cnc2c1Cl. The molecule has 1 atom stereocenters. The summed E-state index contributed by atoms with van der Waals surface area (Å²) in [6.45, 7) is 6.51. The van der Waals surface area contributed by atoms with Crippen molar-refractivity contribution >= 4 is 27.3 Å². The molecule has 2 aromatic rings. The van der Waals surface area contributed by atoms with Gasteiger partial charge in [0.15, 0.2) is 5.65 Å². The number of aromatic nitrogens is 3. The molecule has 0 aliphatic carbocycles. The lowest BCUT2D eigenvalue weighted by Gasteiger charge is -2.41. The predicted octanol–water partition coefficient (Wildman–Crippen LogP) is 1.44. The number of nitrogens with zero attached hydrogens (tertiary/aromatic N) is 4. The maximum absolute atomic E-state index is 12.9. The second kappa shape index (κ2) is 5.41. The van der Waals surface area contributed by atoms with Gasteiger partial charge in [-0.3, -0.25) is 0 Å². The van der Waals surface area contributed by atoms with Crippen LogP contribution in [0.25, 0.3) is 5.65 Å². The zero-order valence-corrected chi connectivity index (χ0v) is 14.9. The van der Waals surface area contributed by atoms with Crippen molar-refractivity contribution in [2.75, 3.05) is 13.1 Å². The molecule has 2 N–H and O–H groups in total. The fourth-order valence-electron chi connectivity index (χ4n) is 2.81. The predicted molar refractivity (Wildman–Crippen MR) is 87.9 cm³/mol. The van der Waals surface area contributed by atoms with E-state index in [1.807, 2.05) is 13.8 Å². The van der Waals surface area contributed by atoms with Gasteiger partial charge in [0.25, 0.3) is 0 Å². The van der Waals surface area contributed by atoms with E-state index in [4.69, 9.17) is 17.3 Å². The lowest BCUT2D eigenvalue weighted by atomic mass is 9.81. The quantitative estimate of drug-likeness (QED) is 0.877. The Labute approximate surface area is 140 Å². The van der Waals surface area contributed by atoms with Crippen molar-refractivity contribution in [1.82, 2.24) is 18.9 Å². The van der Waals surface area contributed by atoms with Crippen LogP contribution in [0.3, 0.4) is 0 Å². The molecule has 126 valence electrons. The zero-order chi connectivity index (χ0) is 17.0. The van der Waals surface area contributed by atoms with E-state index in [1.54, 1.807) is 6.92 Å². The molecule has 7 nitrogen and oxygen atoms in total. The van der Waals surface area contributed by atoms with Crippen molar-refractivity contribution in [3.63, 3.8) is 0 Å². The van der Waals surface area contributed by atoms with Crippen molar-refractivity contribution in [1.29, 1.82) is 0 Å². The van der Waals surface area contributed by atoms with Gasteiger partial charge in [0.05, 0.1) is 18.1 Å². The first kappa shape index (κ1) is 16.6. The molecule has 9 heteroatoms. The highest BCUT2D eigenvalue weighted by Crippen LogP contribution is 2.31. The van der Waals surface area contributed by atoms with E-state index in [0.717, 1.165) is 0 Å². The van der Waals surface area contributed by atoms with Crippen molar-refractivity contribution in [3.05, 3.63) is 23.1 Å². The summed E-state index contributed by atoms with van der Waals surface area (Å²) < 4.78 is 28.7. The van der Waals surface area contributed by atoms with E-state index >= 15 is 0 Å². The molecule has 3 heterocycles. The van der Waals surface area contributed by atoms with Crippen molar-refractivity contribution < 1.29 is 8.42 Å². The van der Waals surface area contributed by atoms with Crippen molar-refractivity contribution in [3.8, 4) is 0 Å². The summed E-state index contributed by atoms with van der Waals surface area (Å²) in [6, 6.07) is -0.0119. The molecule has 0 amide bonds. The van der Waals surface area contributed by atoms with E-state index in [-0.39, 0.29) is 16.4 Å². The van der Waals surface area contributed by atoms with Gasteiger partial charge in [-0.1, -0.05) is 25.4 Å². The molecule has 0 aromatic carbocycles. The van der Waals surface area contributed by atoms with Gasteiger partial charge in [-0.15, -0.1) is 0 Å². The first-order chi connectivity index (χ1) is 10.6. The van der Waals surface area contributed by atoms with Crippen LogP contribution in [0.4, 0.5) is 0 Å². The van der Waals surface area contributed by atoms with E-state index < -0.39 is 10.0 Å². The largest absolute Gasteiger partial charge is 0.327 e. The fourth-order valence-corrected chi connectivity index (χ4v) is 4.55. The van der Waals surface area contributed by atoms with E-state index in [9.17, 15) is 8.42 Å². The molecule has 0 spiro atoms. The van der Waals surface area contributed by atoms with Crippen LogP contribution in [0.2, 0.25) is 5.02 Å². The summed E-state index contributed by atoms with van der Waals surface area (Å²) in [5, 5.41) is 4.62. The number of hydrogen-bond donors (Lipinski definition) is 1. The Morgan fingerprint density at radius 3 is 2.78 bits per heavy atom. The highest BCUT2D eigenvalue weighted by Gasteiger charge is 2.39. The van der Waals surface area contributed by atoms with Gasteiger partial charge in [-0.05, 0) is 18.8 Å². The molecule has 2 aromatic heterocycles. The van der Waals surface area contributed by atoms with Crippen LogP contribution in [-0.2, 0) is 10.0 Å². The van der Waals surface area contributed by atoms with Gasteiger partial charge >= 0.3 is 0 Å². The van der Waals surface area contributed by atoms with Gasteiger partial charge in [-0.25, -0.2) is 17.9 Å². The summed E-state index contributed by atoms with van der Waals surface area (Å²) in [7, 11) is -3.64. The fraction of sp³-hybridized carbons (Fsp3) is 0.571. The van der Waals surface area contributed by atoms with Crippen LogP contribution in [0.15, 0.2) is 17.3 Å². The first-order valence-electron chi connectivity index (χ1n) is 7.39. The molecule has 1 unspecified atom stereocenters. The standard InChI is InChI=1S/C14H20ClN5O2S/c1-9-12(15)13-17-6-10(7-20(13)18-9)23(21,22)19-5-4-11(16)14(2,3)8-19/h6-7,11H,4-5,8,16H2,1-3H3. The summed E-state index contributed by atoms with van der Waals surface area (Å²) in [6.07, 6.45) is 3.42. The van der Waals surface area contributed by atoms with Gasteiger partial charge in [0.2, 0.25) is 10.0 Å². The number of piperidine rings is 1. The Balaban J connectivity index is 2.00. The summed E-state index contributed by atoms with van der Waals surface area (Å²) in [4.78, 5) is 4.26. The Bertz CT molecular complexity index is 861. The molecule has 0 saturated carbocycles.